The van der Waals surface area contributed by atoms with Gasteiger partial charge in [-0.1, -0.05) is 16.8 Å². The van der Waals surface area contributed by atoms with Crippen molar-refractivity contribution in [1.29, 1.82) is 0 Å². The van der Waals surface area contributed by atoms with Crippen LogP contribution in [0.1, 0.15) is 11.5 Å². The van der Waals surface area contributed by atoms with Gasteiger partial charge < -0.3 is 14.5 Å². The first-order valence-corrected chi connectivity index (χ1v) is 6.07. The molecule has 100 valence electrons. The van der Waals surface area contributed by atoms with Gasteiger partial charge in [-0.15, -0.1) is 0 Å². The van der Waals surface area contributed by atoms with Gasteiger partial charge in [0, 0.05) is 16.8 Å². The van der Waals surface area contributed by atoms with Crippen LogP contribution < -0.4 is 4.90 Å². The molecule has 19 heavy (non-hydrogen) atoms. The summed E-state index contributed by atoms with van der Waals surface area (Å²) in [6, 6.07) is 8.78. The first-order chi connectivity index (χ1) is 9.04. The first-order valence-electron chi connectivity index (χ1n) is 5.69. The minimum Gasteiger partial charge on any atom is -0.480 e. The van der Waals surface area contributed by atoms with Crippen molar-refractivity contribution in [2.75, 3.05) is 11.4 Å². The van der Waals surface area contributed by atoms with Crippen molar-refractivity contribution < 1.29 is 14.4 Å². The minimum atomic E-state index is -0.907. The number of hydrogen-bond donors (Lipinski definition) is 1. The number of hydrogen-bond acceptors (Lipinski definition) is 4. The third kappa shape index (κ3) is 3.72. The number of aliphatic carboxylic acids is 1. The molecule has 1 aromatic carbocycles. The van der Waals surface area contributed by atoms with Gasteiger partial charge in [-0.3, -0.25) is 4.79 Å². The number of halogens is 1. The van der Waals surface area contributed by atoms with E-state index in [1.807, 2.05) is 0 Å². The molecule has 0 saturated carbocycles. The van der Waals surface area contributed by atoms with Gasteiger partial charge in [0.2, 0.25) is 0 Å². The highest BCUT2D eigenvalue weighted by molar-refractivity contribution is 6.30. The molecule has 0 amide bonds. The van der Waals surface area contributed by atoms with E-state index >= 15 is 0 Å². The molecule has 1 aromatic heterocycles. The number of carbonyl (C=O) groups is 1. The summed E-state index contributed by atoms with van der Waals surface area (Å²) in [6.07, 6.45) is 0. The zero-order valence-corrected chi connectivity index (χ0v) is 11.1. The summed E-state index contributed by atoms with van der Waals surface area (Å²) in [5.41, 5.74) is 1.46. The molecule has 2 rings (SSSR count). The second-order valence-corrected chi connectivity index (χ2v) is 4.59. The van der Waals surface area contributed by atoms with Crippen LogP contribution in [0, 0.1) is 6.92 Å². The van der Waals surface area contributed by atoms with E-state index in [1.54, 1.807) is 42.2 Å². The Kier molecular flexibility index (Phi) is 4.06. The van der Waals surface area contributed by atoms with Crippen LogP contribution in [-0.4, -0.2) is 22.8 Å². The fraction of sp³-hybridized carbons (Fsp3) is 0.231. The van der Waals surface area contributed by atoms with Crippen LogP contribution in [-0.2, 0) is 11.3 Å². The van der Waals surface area contributed by atoms with Crippen molar-refractivity contribution in [1.82, 2.24) is 5.16 Å². The maximum atomic E-state index is 10.9. The predicted octanol–water partition coefficient (Wildman–Crippen LogP) is 2.73. The highest BCUT2D eigenvalue weighted by Crippen LogP contribution is 2.20. The van der Waals surface area contributed by atoms with Crippen molar-refractivity contribution in [2.45, 2.75) is 13.5 Å². The number of benzene rings is 1. The lowest BCUT2D eigenvalue weighted by atomic mass is 10.2. The van der Waals surface area contributed by atoms with E-state index in [1.165, 1.54) is 0 Å². The maximum Gasteiger partial charge on any atom is 0.323 e. The summed E-state index contributed by atoms with van der Waals surface area (Å²) in [7, 11) is 0. The minimum absolute atomic E-state index is 0.118. The van der Waals surface area contributed by atoms with Gasteiger partial charge >= 0.3 is 5.97 Å². The summed E-state index contributed by atoms with van der Waals surface area (Å²) in [5.74, 6) is -0.212. The van der Waals surface area contributed by atoms with Crippen molar-refractivity contribution in [3.05, 3.63) is 46.8 Å². The van der Waals surface area contributed by atoms with Crippen LogP contribution in [0.4, 0.5) is 5.69 Å². The zero-order valence-electron chi connectivity index (χ0n) is 10.3. The fourth-order valence-electron chi connectivity index (χ4n) is 1.74. The number of carboxylic acids is 1. The summed E-state index contributed by atoms with van der Waals surface area (Å²) >= 11 is 5.82. The average molecular weight is 281 g/mol. The molecule has 0 bridgehead atoms. The molecule has 6 heteroatoms. The van der Waals surface area contributed by atoms with E-state index in [2.05, 4.69) is 5.16 Å². The second-order valence-electron chi connectivity index (χ2n) is 4.16. The number of aromatic nitrogens is 1. The van der Waals surface area contributed by atoms with Gasteiger partial charge in [-0.05, 0) is 31.2 Å². The molecule has 0 radical (unpaired) electrons. The number of aryl methyl sites for hydroxylation is 1. The lowest BCUT2D eigenvalue weighted by molar-refractivity contribution is -0.135. The van der Waals surface area contributed by atoms with Crippen molar-refractivity contribution >= 4 is 23.3 Å². The van der Waals surface area contributed by atoms with Gasteiger partial charge in [0.25, 0.3) is 0 Å². The molecular weight excluding hydrogens is 268 g/mol. The van der Waals surface area contributed by atoms with E-state index in [0.717, 1.165) is 5.69 Å². The highest BCUT2D eigenvalue weighted by Gasteiger charge is 2.13. The quantitative estimate of drug-likeness (QED) is 0.912. The standard InChI is InChI=1S/C13H13ClN2O3/c1-9-6-11(15-19-9)7-16(8-13(17)18)12-4-2-10(14)3-5-12/h2-6H,7-8H2,1H3,(H,17,18). The Morgan fingerprint density at radius 3 is 2.63 bits per heavy atom. The van der Waals surface area contributed by atoms with Crippen LogP contribution in [0.2, 0.25) is 5.02 Å². The molecule has 1 N–H and O–H groups in total. The molecule has 0 saturated heterocycles. The summed E-state index contributed by atoms with van der Waals surface area (Å²) < 4.78 is 4.98. The molecule has 0 aliphatic rings. The Labute approximate surface area is 115 Å². The zero-order chi connectivity index (χ0) is 13.8. The van der Waals surface area contributed by atoms with Crippen molar-refractivity contribution in [3.8, 4) is 0 Å². The number of rotatable bonds is 5. The monoisotopic (exact) mass is 280 g/mol. The Hall–Kier alpha value is -2.01. The van der Waals surface area contributed by atoms with E-state index < -0.39 is 5.97 Å². The second kappa shape index (κ2) is 5.75. The summed E-state index contributed by atoms with van der Waals surface area (Å²) in [6.45, 7) is 2.04. The molecule has 0 fully saturated rings. The lowest BCUT2D eigenvalue weighted by Crippen LogP contribution is -2.29. The van der Waals surface area contributed by atoms with Crippen molar-refractivity contribution in [3.63, 3.8) is 0 Å². The van der Waals surface area contributed by atoms with Gasteiger partial charge in [0.05, 0.1) is 6.54 Å². The Morgan fingerprint density at radius 1 is 1.42 bits per heavy atom. The number of carboxylic acid groups (broad SMARTS) is 1. The third-order valence-corrected chi connectivity index (χ3v) is 2.80. The summed E-state index contributed by atoms with van der Waals surface area (Å²) in [5, 5.41) is 13.4. The molecule has 0 spiro atoms. The fourth-order valence-corrected chi connectivity index (χ4v) is 1.87. The maximum absolute atomic E-state index is 10.9. The van der Waals surface area contributed by atoms with Crippen LogP contribution >= 0.6 is 11.6 Å². The SMILES string of the molecule is Cc1cc(CN(CC(=O)O)c2ccc(Cl)cc2)no1. The molecule has 5 nitrogen and oxygen atoms in total. The molecular formula is C13H13ClN2O3. The van der Waals surface area contributed by atoms with E-state index in [0.29, 0.717) is 23.0 Å². The van der Waals surface area contributed by atoms with Crippen LogP contribution in [0.5, 0.6) is 0 Å². The topological polar surface area (TPSA) is 66.6 Å². The smallest absolute Gasteiger partial charge is 0.323 e. The highest BCUT2D eigenvalue weighted by atomic mass is 35.5. The summed E-state index contributed by atoms with van der Waals surface area (Å²) in [4.78, 5) is 12.6. The largest absolute Gasteiger partial charge is 0.480 e. The molecule has 0 unspecified atom stereocenters. The van der Waals surface area contributed by atoms with Gasteiger partial charge in [0.15, 0.2) is 0 Å². The number of anilines is 1. The molecule has 2 aromatic rings. The van der Waals surface area contributed by atoms with E-state index in [9.17, 15) is 4.79 Å². The molecule has 0 aliphatic carbocycles. The van der Waals surface area contributed by atoms with Crippen LogP contribution in [0.15, 0.2) is 34.9 Å². The van der Waals surface area contributed by atoms with Gasteiger partial charge in [-0.2, -0.15) is 0 Å². The molecule has 0 aliphatic heterocycles. The van der Waals surface area contributed by atoms with Crippen molar-refractivity contribution in [2.24, 2.45) is 0 Å². The number of nitrogens with zero attached hydrogens (tertiary/aromatic N) is 2. The van der Waals surface area contributed by atoms with E-state index in [4.69, 9.17) is 21.2 Å². The van der Waals surface area contributed by atoms with Crippen LogP contribution in [0.3, 0.4) is 0 Å². The Balaban J connectivity index is 2.20. The lowest BCUT2D eigenvalue weighted by Gasteiger charge is -2.21. The molecule has 1 heterocycles. The Morgan fingerprint density at radius 2 is 2.11 bits per heavy atom. The average Bonchev–Trinajstić information content (AvgIpc) is 2.74. The predicted molar refractivity (Wildman–Crippen MR) is 71.4 cm³/mol. The first kappa shape index (κ1) is 13.4. The molecule has 0 atom stereocenters. The third-order valence-electron chi connectivity index (χ3n) is 2.55. The van der Waals surface area contributed by atoms with Crippen LogP contribution in [0.25, 0.3) is 0 Å². The van der Waals surface area contributed by atoms with Gasteiger partial charge in [-0.25, -0.2) is 0 Å². The van der Waals surface area contributed by atoms with E-state index in [-0.39, 0.29) is 6.54 Å². The Bertz CT molecular complexity index is 566. The van der Waals surface area contributed by atoms with Gasteiger partial charge in [0.1, 0.15) is 18.0 Å². The normalized spacial score (nSPS) is 10.4.